The molecule has 0 fully saturated rings. The van der Waals surface area contributed by atoms with Crippen LogP contribution in [0.4, 0.5) is 5.69 Å². The Balaban J connectivity index is 1.44. The molecule has 4 rings (SSSR count). The molecule has 3 aromatic carbocycles. The lowest BCUT2D eigenvalue weighted by Crippen LogP contribution is -2.50. The van der Waals surface area contributed by atoms with E-state index < -0.39 is 16.1 Å². The van der Waals surface area contributed by atoms with Gasteiger partial charge in [0.05, 0.1) is 23.7 Å². The van der Waals surface area contributed by atoms with Crippen LogP contribution in [0.1, 0.15) is 24.5 Å². The van der Waals surface area contributed by atoms with Crippen LogP contribution in [0.15, 0.2) is 77.7 Å². The Kier molecular flexibility index (Phi) is 7.60. The van der Waals surface area contributed by atoms with Crippen molar-refractivity contribution in [3.8, 4) is 11.5 Å². The van der Waals surface area contributed by atoms with Crippen LogP contribution in [0, 0.1) is 6.92 Å². The molecular formula is C27H30N2O5S. The highest BCUT2D eigenvalue weighted by molar-refractivity contribution is 7.92. The monoisotopic (exact) mass is 494 g/mol. The van der Waals surface area contributed by atoms with E-state index in [0.717, 1.165) is 23.3 Å². The van der Waals surface area contributed by atoms with E-state index in [1.54, 1.807) is 48.5 Å². The molecule has 1 amide bonds. The zero-order valence-corrected chi connectivity index (χ0v) is 20.8. The van der Waals surface area contributed by atoms with Crippen LogP contribution in [0.2, 0.25) is 0 Å². The average molecular weight is 495 g/mol. The van der Waals surface area contributed by atoms with E-state index in [-0.39, 0.29) is 17.3 Å². The SMILES string of the molecule is CCOc1ccccc1CCCNC(=O)[C@H]1CN(S(=O)(=O)c2ccc(C)cc2)c2ccccc2O1. The van der Waals surface area contributed by atoms with Gasteiger partial charge in [0.15, 0.2) is 6.10 Å². The molecule has 1 aliphatic rings. The molecule has 0 radical (unpaired) electrons. The van der Waals surface area contributed by atoms with E-state index in [2.05, 4.69) is 5.32 Å². The molecule has 35 heavy (non-hydrogen) atoms. The minimum absolute atomic E-state index is 0.105. The van der Waals surface area contributed by atoms with Crippen LogP contribution >= 0.6 is 0 Å². The second-order valence-corrected chi connectivity index (χ2v) is 10.2. The number of fused-ring (bicyclic) bond motifs is 1. The van der Waals surface area contributed by atoms with Gasteiger partial charge in [-0.15, -0.1) is 0 Å². The lowest BCUT2D eigenvalue weighted by molar-refractivity contribution is -0.127. The molecule has 1 heterocycles. The molecule has 8 heteroatoms. The van der Waals surface area contributed by atoms with E-state index in [4.69, 9.17) is 9.47 Å². The van der Waals surface area contributed by atoms with Crippen LogP contribution in [0.3, 0.4) is 0 Å². The van der Waals surface area contributed by atoms with Gasteiger partial charge in [0.1, 0.15) is 11.5 Å². The quantitative estimate of drug-likeness (QED) is 0.453. The van der Waals surface area contributed by atoms with Crippen LogP contribution in [0.5, 0.6) is 11.5 Å². The summed E-state index contributed by atoms with van der Waals surface area (Å²) < 4.78 is 39.7. The highest BCUT2D eigenvalue weighted by atomic mass is 32.2. The molecule has 7 nitrogen and oxygen atoms in total. The highest BCUT2D eigenvalue weighted by Gasteiger charge is 2.37. The Bertz CT molecular complexity index is 1270. The summed E-state index contributed by atoms with van der Waals surface area (Å²) in [6.07, 6.45) is 0.504. The number of nitrogens with zero attached hydrogens (tertiary/aromatic N) is 1. The maximum absolute atomic E-state index is 13.5. The number of carbonyl (C=O) groups excluding carboxylic acids is 1. The van der Waals surface area contributed by atoms with E-state index in [0.29, 0.717) is 31.0 Å². The van der Waals surface area contributed by atoms with Crippen LogP contribution in [-0.2, 0) is 21.2 Å². The Morgan fingerprint density at radius 3 is 2.54 bits per heavy atom. The molecule has 0 spiro atoms. The van der Waals surface area contributed by atoms with Crippen molar-refractivity contribution in [2.24, 2.45) is 0 Å². The van der Waals surface area contributed by atoms with Gasteiger partial charge in [0.25, 0.3) is 15.9 Å². The van der Waals surface area contributed by atoms with E-state index in [9.17, 15) is 13.2 Å². The second kappa shape index (κ2) is 10.8. The van der Waals surface area contributed by atoms with Gasteiger partial charge >= 0.3 is 0 Å². The standard InChI is InChI=1S/C27H30N2O5S/c1-3-33-24-12-6-4-9-21(24)10-8-18-28-27(30)26-19-29(23-11-5-7-13-25(23)34-26)35(31,32)22-16-14-20(2)15-17-22/h4-7,9,11-17,26H,3,8,10,18-19H2,1-2H3,(H,28,30)/t26-/m1/s1. The number of para-hydroxylation sites is 3. The minimum atomic E-state index is -3.87. The normalized spacial score (nSPS) is 15.1. The largest absolute Gasteiger partial charge is 0.494 e. The third kappa shape index (κ3) is 5.59. The maximum atomic E-state index is 13.5. The van der Waals surface area contributed by atoms with Gasteiger partial charge in [0.2, 0.25) is 0 Å². The average Bonchev–Trinajstić information content (AvgIpc) is 2.87. The number of hydrogen-bond acceptors (Lipinski definition) is 5. The molecule has 1 atom stereocenters. The first-order valence-electron chi connectivity index (χ1n) is 11.7. The van der Waals surface area contributed by atoms with Crippen LogP contribution < -0.4 is 19.1 Å². The van der Waals surface area contributed by atoms with E-state index in [1.165, 1.54) is 4.31 Å². The molecule has 0 bridgehead atoms. The van der Waals surface area contributed by atoms with Crippen molar-refractivity contribution in [1.82, 2.24) is 5.32 Å². The Hall–Kier alpha value is -3.52. The lowest BCUT2D eigenvalue weighted by atomic mass is 10.1. The third-order valence-electron chi connectivity index (χ3n) is 5.83. The number of benzene rings is 3. The van der Waals surface area contributed by atoms with Crippen molar-refractivity contribution in [3.63, 3.8) is 0 Å². The van der Waals surface area contributed by atoms with Gasteiger partial charge in [-0.05, 0) is 62.6 Å². The molecule has 1 N–H and O–H groups in total. The molecule has 0 aliphatic carbocycles. The smallest absolute Gasteiger partial charge is 0.264 e. The van der Waals surface area contributed by atoms with Crippen molar-refractivity contribution < 1.29 is 22.7 Å². The highest BCUT2D eigenvalue weighted by Crippen LogP contribution is 2.36. The Labute approximate surface area is 206 Å². The summed E-state index contributed by atoms with van der Waals surface area (Å²) in [6, 6.07) is 21.4. The molecule has 0 aromatic heterocycles. The molecule has 0 unspecified atom stereocenters. The number of sulfonamides is 1. The second-order valence-electron chi connectivity index (χ2n) is 8.36. The minimum Gasteiger partial charge on any atom is -0.494 e. The van der Waals surface area contributed by atoms with Gasteiger partial charge in [-0.3, -0.25) is 9.10 Å². The fourth-order valence-corrected chi connectivity index (χ4v) is 5.49. The first-order valence-corrected chi connectivity index (χ1v) is 13.2. The zero-order chi connectivity index (χ0) is 24.8. The summed E-state index contributed by atoms with van der Waals surface area (Å²) in [6.45, 7) is 4.77. The molecule has 3 aromatic rings. The topological polar surface area (TPSA) is 84.9 Å². The lowest BCUT2D eigenvalue weighted by Gasteiger charge is -2.34. The van der Waals surface area contributed by atoms with Gasteiger partial charge in [-0.25, -0.2) is 8.42 Å². The van der Waals surface area contributed by atoms with E-state index in [1.807, 2.05) is 38.1 Å². The number of ether oxygens (including phenoxy) is 2. The van der Waals surface area contributed by atoms with Crippen molar-refractivity contribution in [3.05, 3.63) is 83.9 Å². The summed E-state index contributed by atoms with van der Waals surface area (Å²) in [5.41, 5.74) is 2.47. The number of amides is 1. The fourth-order valence-electron chi connectivity index (χ4n) is 4.01. The summed E-state index contributed by atoms with van der Waals surface area (Å²) in [7, 11) is -3.87. The maximum Gasteiger partial charge on any atom is 0.264 e. The first-order chi connectivity index (χ1) is 16.9. The summed E-state index contributed by atoms with van der Waals surface area (Å²) in [4.78, 5) is 13.1. The molecule has 0 saturated carbocycles. The number of carbonyl (C=O) groups is 1. The Morgan fingerprint density at radius 2 is 1.77 bits per heavy atom. The Morgan fingerprint density at radius 1 is 1.06 bits per heavy atom. The summed E-state index contributed by atoms with van der Waals surface area (Å²) in [5, 5.41) is 2.90. The predicted octanol–water partition coefficient (Wildman–Crippen LogP) is 4.10. The fraction of sp³-hybridized carbons (Fsp3) is 0.296. The number of anilines is 1. The summed E-state index contributed by atoms with van der Waals surface area (Å²) in [5.74, 6) is 0.868. The number of hydrogen-bond donors (Lipinski definition) is 1. The van der Waals surface area contributed by atoms with Gasteiger partial charge in [-0.1, -0.05) is 48.0 Å². The number of nitrogens with one attached hydrogen (secondary N) is 1. The first kappa shape index (κ1) is 24.6. The molecule has 0 saturated heterocycles. The van der Waals surface area contributed by atoms with Crippen molar-refractivity contribution >= 4 is 21.6 Å². The van der Waals surface area contributed by atoms with Crippen molar-refractivity contribution in [2.75, 3.05) is 24.0 Å². The van der Waals surface area contributed by atoms with Crippen LogP contribution in [-0.4, -0.2) is 40.1 Å². The van der Waals surface area contributed by atoms with Crippen LogP contribution in [0.25, 0.3) is 0 Å². The van der Waals surface area contributed by atoms with Crippen molar-refractivity contribution in [2.45, 2.75) is 37.7 Å². The van der Waals surface area contributed by atoms with Gasteiger partial charge in [0, 0.05) is 6.54 Å². The molecular weight excluding hydrogens is 464 g/mol. The zero-order valence-electron chi connectivity index (χ0n) is 19.9. The predicted molar refractivity (Wildman–Crippen MR) is 136 cm³/mol. The molecule has 184 valence electrons. The van der Waals surface area contributed by atoms with E-state index >= 15 is 0 Å². The van der Waals surface area contributed by atoms with Gasteiger partial charge in [-0.2, -0.15) is 0 Å². The number of rotatable bonds is 9. The molecule has 1 aliphatic heterocycles. The third-order valence-corrected chi connectivity index (χ3v) is 7.62. The number of aryl methyl sites for hydroxylation is 2. The van der Waals surface area contributed by atoms with Crippen molar-refractivity contribution in [1.29, 1.82) is 0 Å². The summed E-state index contributed by atoms with van der Waals surface area (Å²) >= 11 is 0. The van der Waals surface area contributed by atoms with Gasteiger partial charge < -0.3 is 14.8 Å².